The van der Waals surface area contributed by atoms with Crippen molar-refractivity contribution in [2.24, 2.45) is 5.92 Å². The number of hydrogen-bond acceptors (Lipinski definition) is 4. The number of carboxylic acids is 1. The van der Waals surface area contributed by atoms with Crippen molar-refractivity contribution in [1.82, 2.24) is 0 Å². The first kappa shape index (κ1) is 18.1. The summed E-state index contributed by atoms with van der Waals surface area (Å²) in [5.74, 6) is -3.83. The molecule has 138 valence electrons. The lowest BCUT2D eigenvalue weighted by Gasteiger charge is -2.32. The minimum absolute atomic E-state index is 0.00537. The van der Waals surface area contributed by atoms with Crippen molar-refractivity contribution in [3.05, 3.63) is 52.3 Å². The molecule has 0 saturated carbocycles. The van der Waals surface area contributed by atoms with E-state index in [1.54, 1.807) is 0 Å². The molecule has 2 atom stereocenters. The van der Waals surface area contributed by atoms with Gasteiger partial charge in [0, 0.05) is 12.1 Å². The number of halogens is 4. The molecule has 6 nitrogen and oxygen atoms in total. The lowest BCUT2D eigenvalue weighted by Crippen LogP contribution is -2.47. The van der Waals surface area contributed by atoms with Gasteiger partial charge >= 0.3 is 18.0 Å². The molecule has 0 bridgehead atoms. The van der Waals surface area contributed by atoms with E-state index in [0.29, 0.717) is 4.73 Å². The lowest BCUT2D eigenvalue weighted by atomic mass is 9.90. The Hall–Kier alpha value is -2.68. The molecule has 1 aliphatic rings. The van der Waals surface area contributed by atoms with E-state index < -0.39 is 30.6 Å². The third-order valence-corrected chi connectivity index (χ3v) is 4.11. The first-order chi connectivity index (χ1) is 12.2. The van der Waals surface area contributed by atoms with E-state index in [2.05, 4.69) is 0 Å². The van der Waals surface area contributed by atoms with Crippen LogP contribution < -0.4 is 14.2 Å². The number of carboxylic acid groups (broad SMARTS) is 1. The predicted octanol–water partition coefficient (Wildman–Crippen LogP) is 3.33. The van der Waals surface area contributed by atoms with Crippen LogP contribution >= 0.6 is 11.6 Å². The van der Waals surface area contributed by atoms with E-state index in [9.17, 15) is 23.2 Å². The third-order valence-electron chi connectivity index (χ3n) is 3.82. The molecule has 0 fully saturated rings. The van der Waals surface area contributed by atoms with Gasteiger partial charge in [0.1, 0.15) is 11.7 Å². The summed E-state index contributed by atoms with van der Waals surface area (Å²) in [5, 5.41) is 20.7. The highest BCUT2D eigenvalue weighted by atomic mass is 35.5. The number of benzene rings is 1. The zero-order chi connectivity index (χ0) is 19.1. The molecule has 3 rings (SSSR count). The number of fused-ring (bicyclic) bond motifs is 1. The first-order valence-electron chi connectivity index (χ1n) is 7.31. The molecule has 0 amide bonds. The van der Waals surface area contributed by atoms with E-state index >= 15 is 0 Å². The van der Waals surface area contributed by atoms with Crippen LogP contribution in [-0.2, 0) is 11.2 Å². The van der Waals surface area contributed by atoms with E-state index in [4.69, 9.17) is 26.2 Å². The van der Waals surface area contributed by atoms with Crippen molar-refractivity contribution in [2.75, 3.05) is 0 Å². The third kappa shape index (κ3) is 3.48. The highest BCUT2D eigenvalue weighted by molar-refractivity contribution is 6.32. The van der Waals surface area contributed by atoms with Gasteiger partial charge in [0.2, 0.25) is 6.10 Å². The minimum Gasteiger partial charge on any atom is -0.616 e. The van der Waals surface area contributed by atoms with Crippen molar-refractivity contribution >= 4 is 17.6 Å². The normalized spacial score (nSPS) is 19.4. The molecule has 0 aliphatic carbocycles. The fourth-order valence-electron chi connectivity index (χ4n) is 2.60. The Kier molecular flexibility index (Phi) is 4.57. The molecule has 2 unspecified atom stereocenters. The van der Waals surface area contributed by atoms with Gasteiger partial charge in [-0.3, -0.25) is 4.79 Å². The Labute approximate surface area is 149 Å². The average molecular weight is 390 g/mol. The second-order valence-electron chi connectivity index (χ2n) is 5.59. The van der Waals surface area contributed by atoms with Crippen molar-refractivity contribution in [1.29, 1.82) is 0 Å². The summed E-state index contributed by atoms with van der Waals surface area (Å²) in [6.45, 7) is 0. The molecule has 2 aromatic rings. The van der Waals surface area contributed by atoms with Crippen LogP contribution in [0.2, 0.25) is 5.02 Å². The maximum atomic E-state index is 13.1. The number of carbonyl (C=O) groups is 1. The number of alkyl halides is 3. The zero-order valence-electron chi connectivity index (χ0n) is 12.9. The Bertz CT molecular complexity index is 858. The van der Waals surface area contributed by atoms with Crippen LogP contribution in [-0.4, -0.2) is 23.4 Å². The fourth-order valence-corrected chi connectivity index (χ4v) is 2.83. The van der Waals surface area contributed by atoms with Crippen molar-refractivity contribution < 1.29 is 37.3 Å². The van der Waals surface area contributed by atoms with Crippen LogP contribution in [0, 0.1) is 11.1 Å². The quantitative estimate of drug-likeness (QED) is 0.643. The molecule has 0 spiro atoms. The molecule has 0 radical (unpaired) electrons. The summed E-state index contributed by atoms with van der Waals surface area (Å²) >= 11 is 6.06. The first-order valence-corrected chi connectivity index (χ1v) is 7.69. The summed E-state index contributed by atoms with van der Waals surface area (Å²) in [6.07, 6.45) is -6.58. The maximum Gasteiger partial charge on any atom is 0.426 e. The molecule has 1 N–H and O–H groups in total. The van der Waals surface area contributed by atoms with E-state index in [0.717, 1.165) is 6.07 Å². The van der Waals surface area contributed by atoms with Gasteiger partial charge in [-0.1, -0.05) is 11.6 Å². The number of ether oxygens (including phenoxy) is 2. The summed E-state index contributed by atoms with van der Waals surface area (Å²) in [5.41, 5.74) is 0.207. The molecule has 1 aromatic heterocycles. The minimum atomic E-state index is -4.86. The average Bonchev–Trinajstić information content (AvgIpc) is 2.55. The highest BCUT2D eigenvalue weighted by Crippen LogP contribution is 2.43. The van der Waals surface area contributed by atoms with Gasteiger partial charge in [-0.05, 0) is 24.1 Å². The molecule has 1 aliphatic heterocycles. The number of pyridine rings is 1. The molecule has 10 heteroatoms. The van der Waals surface area contributed by atoms with E-state index in [1.807, 2.05) is 0 Å². The van der Waals surface area contributed by atoms with Crippen molar-refractivity contribution in [3.63, 3.8) is 0 Å². The standard InChI is InChI=1S/C16H11ClF3NO5/c17-10-6-8-5-9(15(22)23)14(16(18,19)20)26-11(8)7-12(10)25-13-3-1-2-4-21(13)24/h1-4,6-7,9,14H,5H2,(H,22,23). The van der Waals surface area contributed by atoms with Crippen LogP contribution in [0.1, 0.15) is 5.56 Å². The highest BCUT2D eigenvalue weighted by Gasteiger charge is 2.52. The van der Waals surface area contributed by atoms with Crippen LogP contribution in [0.3, 0.4) is 0 Å². The number of rotatable bonds is 3. The number of hydrogen-bond donors (Lipinski definition) is 1. The summed E-state index contributed by atoms with van der Waals surface area (Å²) in [7, 11) is 0. The van der Waals surface area contributed by atoms with E-state index in [1.165, 1.54) is 30.5 Å². The van der Waals surface area contributed by atoms with Crippen molar-refractivity contribution in [3.8, 4) is 17.4 Å². The largest absolute Gasteiger partial charge is 0.616 e. The molecule has 26 heavy (non-hydrogen) atoms. The molecule has 0 saturated heterocycles. The van der Waals surface area contributed by atoms with Gasteiger partial charge in [-0.25, -0.2) is 0 Å². The summed E-state index contributed by atoms with van der Waals surface area (Å²) in [4.78, 5) is 11.2. The zero-order valence-corrected chi connectivity index (χ0v) is 13.6. The smallest absolute Gasteiger partial charge is 0.426 e. The molecule has 1 aromatic carbocycles. The van der Waals surface area contributed by atoms with E-state index in [-0.39, 0.29) is 28.0 Å². The van der Waals surface area contributed by atoms with Gasteiger partial charge in [-0.15, -0.1) is 4.73 Å². The SMILES string of the molecule is O=C(O)C1Cc2cc(Cl)c(Oc3cccc[n+]3[O-])cc2OC1C(F)(F)F. The Morgan fingerprint density at radius 2 is 2.12 bits per heavy atom. The Morgan fingerprint density at radius 1 is 1.38 bits per heavy atom. The number of nitrogens with zero attached hydrogens (tertiary/aromatic N) is 1. The van der Waals surface area contributed by atoms with Gasteiger partial charge in [0.25, 0.3) is 0 Å². The van der Waals surface area contributed by atoms with Gasteiger partial charge in [-0.2, -0.15) is 13.2 Å². The number of aliphatic carboxylic acids is 1. The van der Waals surface area contributed by atoms with Crippen molar-refractivity contribution in [2.45, 2.75) is 18.7 Å². The topological polar surface area (TPSA) is 82.7 Å². The molecular weight excluding hydrogens is 379 g/mol. The van der Waals surface area contributed by atoms with Gasteiger partial charge in [0.15, 0.2) is 11.9 Å². The van der Waals surface area contributed by atoms with Crippen LogP contribution in [0.4, 0.5) is 13.2 Å². The predicted molar refractivity (Wildman–Crippen MR) is 82.2 cm³/mol. The summed E-state index contributed by atoms with van der Waals surface area (Å²) in [6, 6.07) is 6.73. The fraction of sp³-hybridized carbons (Fsp3) is 0.250. The maximum absolute atomic E-state index is 13.1. The van der Waals surface area contributed by atoms with Crippen LogP contribution in [0.25, 0.3) is 0 Å². The summed E-state index contributed by atoms with van der Waals surface area (Å²) < 4.78 is 50.1. The number of aromatic nitrogens is 1. The molecule has 2 heterocycles. The van der Waals surface area contributed by atoms with Crippen LogP contribution in [0.5, 0.6) is 17.4 Å². The molecular formula is C16H11ClF3NO5. The lowest BCUT2D eigenvalue weighted by molar-refractivity contribution is -0.611. The second-order valence-corrected chi connectivity index (χ2v) is 5.99. The monoisotopic (exact) mass is 389 g/mol. The Morgan fingerprint density at radius 3 is 2.73 bits per heavy atom. The van der Waals surface area contributed by atoms with Gasteiger partial charge < -0.3 is 19.8 Å². The Balaban J connectivity index is 1.97. The van der Waals surface area contributed by atoms with Gasteiger partial charge in [0.05, 0.1) is 11.1 Å². The second kappa shape index (κ2) is 6.56. The van der Waals surface area contributed by atoms with Crippen LogP contribution in [0.15, 0.2) is 36.5 Å².